The van der Waals surface area contributed by atoms with Crippen molar-refractivity contribution in [3.05, 3.63) is 46.3 Å². The number of carbonyl (C=O) groups is 1. The molecule has 0 spiro atoms. The summed E-state index contributed by atoms with van der Waals surface area (Å²) < 4.78 is 6.38. The maximum Gasteiger partial charge on any atom is 0.223 e. The first-order chi connectivity index (χ1) is 12.1. The molecule has 3 aromatic rings. The molecule has 4 rings (SSSR count). The van der Waals surface area contributed by atoms with E-state index in [4.69, 9.17) is 9.51 Å². The van der Waals surface area contributed by atoms with Crippen LogP contribution < -0.4 is 0 Å². The Balaban J connectivity index is 1.49. The summed E-state index contributed by atoms with van der Waals surface area (Å²) in [5.74, 6) is 1.01. The minimum absolute atomic E-state index is 0.120. The topological polar surface area (TPSA) is 59.2 Å². The summed E-state index contributed by atoms with van der Waals surface area (Å²) in [6, 6.07) is 8.29. The highest BCUT2D eigenvalue weighted by Crippen LogP contribution is 2.36. The molecule has 3 heterocycles. The fraction of sp³-hybridized carbons (Fsp3) is 0.421. The predicted molar refractivity (Wildman–Crippen MR) is 97.6 cm³/mol. The Hall–Kier alpha value is -2.21. The lowest BCUT2D eigenvalue weighted by atomic mass is 10.1. The van der Waals surface area contributed by atoms with E-state index in [-0.39, 0.29) is 11.9 Å². The summed E-state index contributed by atoms with van der Waals surface area (Å²) in [5, 5.41) is 5.03. The van der Waals surface area contributed by atoms with Gasteiger partial charge in [0.1, 0.15) is 10.8 Å². The smallest absolute Gasteiger partial charge is 0.223 e. The summed E-state index contributed by atoms with van der Waals surface area (Å²) in [4.78, 5) is 19.6. The fourth-order valence-corrected chi connectivity index (χ4v) is 4.70. The van der Waals surface area contributed by atoms with Crippen molar-refractivity contribution in [3.63, 3.8) is 0 Å². The third-order valence-electron chi connectivity index (χ3n) is 4.94. The fourth-order valence-electron chi connectivity index (χ4n) is 3.59. The number of likely N-dealkylation sites (tertiary alicyclic amines) is 1. The SMILES string of the molecule is Cc1noc(C)c1CCC(=O)N1CCC[C@H]1c1nc2ccccc2s1. The first-order valence-corrected chi connectivity index (χ1v) is 9.52. The van der Waals surface area contributed by atoms with Gasteiger partial charge in [-0.05, 0) is 45.2 Å². The lowest BCUT2D eigenvalue weighted by Crippen LogP contribution is -2.30. The van der Waals surface area contributed by atoms with E-state index >= 15 is 0 Å². The van der Waals surface area contributed by atoms with Crippen molar-refractivity contribution in [2.24, 2.45) is 0 Å². The highest BCUT2D eigenvalue weighted by molar-refractivity contribution is 7.18. The van der Waals surface area contributed by atoms with Crippen LogP contribution in [0.3, 0.4) is 0 Å². The van der Waals surface area contributed by atoms with Crippen LogP contribution in [0.15, 0.2) is 28.8 Å². The number of benzene rings is 1. The molecule has 0 unspecified atom stereocenters. The maximum atomic E-state index is 12.8. The number of rotatable bonds is 4. The first-order valence-electron chi connectivity index (χ1n) is 8.70. The lowest BCUT2D eigenvalue weighted by Gasteiger charge is -2.23. The average Bonchev–Trinajstić information content (AvgIpc) is 3.31. The van der Waals surface area contributed by atoms with Crippen LogP contribution in [0.4, 0.5) is 0 Å². The van der Waals surface area contributed by atoms with Crippen molar-refractivity contribution in [1.29, 1.82) is 0 Å². The van der Waals surface area contributed by atoms with E-state index in [0.717, 1.165) is 46.9 Å². The second-order valence-corrected chi connectivity index (χ2v) is 7.63. The second-order valence-electron chi connectivity index (χ2n) is 6.57. The summed E-state index contributed by atoms with van der Waals surface area (Å²) >= 11 is 1.71. The highest BCUT2D eigenvalue weighted by atomic mass is 32.1. The molecule has 1 amide bonds. The van der Waals surface area contributed by atoms with Gasteiger partial charge in [0, 0.05) is 18.5 Å². The minimum Gasteiger partial charge on any atom is -0.361 e. The van der Waals surface area contributed by atoms with Crippen molar-refractivity contribution >= 4 is 27.5 Å². The summed E-state index contributed by atoms with van der Waals surface area (Å²) in [6.07, 6.45) is 3.21. The zero-order valence-corrected chi connectivity index (χ0v) is 15.3. The number of hydrogen-bond donors (Lipinski definition) is 0. The molecule has 1 aromatic carbocycles. The monoisotopic (exact) mass is 355 g/mol. The van der Waals surface area contributed by atoms with Crippen molar-refractivity contribution in [2.75, 3.05) is 6.54 Å². The molecule has 25 heavy (non-hydrogen) atoms. The summed E-state index contributed by atoms with van der Waals surface area (Å²) in [5.41, 5.74) is 2.97. The predicted octanol–water partition coefficient (Wildman–Crippen LogP) is 4.20. The van der Waals surface area contributed by atoms with Gasteiger partial charge >= 0.3 is 0 Å². The number of thiazole rings is 1. The van der Waals surface area contributed by atoms with Gasteiger partial charge in [0.2, 0.25) is 5.91 Å². The Morgan fingerprint density at radius 1 is 1.36 bits per heavy atom. The number of nitrogens with zero attached hydrogens (tertiary/aromatic N) is 3. The van der Waals surface area contributed by atoms with Gasteiger partial charge in [-0.1, -0.05) is 17.3 Å². The van der Waals surface area contributed by atoms with E-state index < -0.39 is 0 Å². The van der Waals surface area contributed by atoms with E-state index in [2.05, 4.69) is 11.2 Å². The van der Waals surface area contributed by atoms with Crippen molar-refractivity contribution in [2.45, 2.75) is 45.6 Å². The normalized spacial score (nSPS) is 17.5. The number of amides is 1. The van der Waals surface area contributed by atoms with Crippen molar-refractivity contribution in [3.8, 4) is 0 Å². The zero-order chi connectivity index (χ0) is 17.4. The van der Waals surface area contributed by atoms with E-state index in [1.165, 1.54) is 4.70 Å². The molecule has 1 aliphatic rings. The molecule has 1 fully saturated rings. The van der Waals surface area contributed by atoms with Crippen molar-refractivity contribution < 1.29 is 9.32 Å². The Kier molecular flexibility index (Phi) is 4.29. The molecule has 1 saturated heterocycles. The van der Waals surface area contributed by atoms with Crippen LogP contribution in [0, 0.1) is 13.8 Å². The lowest BCUT2D eigenvalue weighted by molar-refractivity contribution is -0.132. The Labute approximate surface area is 150 Å². The van der Waals surface area contributed by atoms with Crippen LogP contribution in [0.25, 0.3) is 10.2 Å². The van der Waals surface area contributed by atoms with Gasteiger partial charge in [-0.2, -0.15) is 0 Å². The average molecular weight is 355 g/mol. The number of aryl methyl sites for hydroxylation is 2. The number of fused-ring (bicyclic) bond motifs is 1. The van der Waals surface area contributed by atoms with Crippen LogP contribution in [0.5, 0.6) is 0 Å². The molecular formula is C19H21N3O2S. The number of carbonyl (C=O) groups excluding carboxylic acids is 1. The van der Waals surface area contributed by atoms with Gasteiger partial charge in [0.25, 0.3) is 0 Å². The second kappa shape index (κ2) is 6.59. The Bertz CT molecular complexity index is 862. The van der Waals surface area contributed by atoms with Crippen LogP contribution >= 0.6 is 11.3 Å². The molecule has 0 bridgehead atoms. The Morgan fingerprint density at radius 2 is 2.20 bits per heavy atom. The van der Waals surface area contributed by atoms with Crippen LogP contribution in [-0.4, -0.2) is 27.5 Å². The largest absolute Gasteiger partial charge is 0.361 e. The van der Waals surface area contributed by atoms with Gasteiger partial charge in [0.05, 0.1) is 22.0 Å². The highest BCUT2D eigenvalue weighted by Gasteiger charge is 2.32. The minimum atomic E-state index is 0.120. The number of hydrogen-bond acceptors (Lipinski definition) is 5. The number of para-hydroxylation sites is 1. The van der Waals surface area contributed by atoms with Gasteiger partial charge < -0.3 is 9.42 Å². The van der Waals surface area contributed by atoms with Gasteiger partial charge in [-0.3, -0.25) is 4.79 Å². The van der Waals surface area contributed by atoms with Gasteiger partial charge in [-0.15, -0.1) is 11.3 Å². The summed E-state index contributed by atoms with van der Waals surface area (Å²) in [6.45, 7) is 4.65. The van der Waals surface area contributed by atoms with Crippen LogP contribution in [-0.2, 0) is 11.2 Å². The molecule has 0 radical (unpaired) electrons. The molecule has 5 nitrogen and oxygen atoms in total. The number of aromatic nitrogens is 2. The molecule has 2 aromatic heterocycles. The first kappa shape index (κ1) is 16.3. The quantitative estimate of drug-likeness (QED) is 0.704. The molecule has 130 valence electrons. The molecule has 1 aliphatic heterocycles. The Morgan fingerprint density at radius 3 is 2.96 bits per heavy atom. The van der Waals surface area contributed by atoms with E-state index in [1.807, 2.05) is 36.9 Å². The van der Waals surface area contributed by atoms with Crippen LogP contribution in [0.2, 0.25) is 0 Å². The third-order valence-corrected chi connectivity index (χ3v) is 6.08. The molecule has 0 N–H and O–H groups in total. The van der Waals surface area contributed by atoms with Crippen molar-refractivity contribution in [1.82, 2.24) is 15.0 Å². The van der Waals surface area contributed by atoms with E-state index in [0.29, 0.717) is 12.8 Å². The van der Waals surface area contributed by atoms with E-state index in [1.54, 1.807) is 11.3 Å². The van der Waals surface area contributed by atoms with E-state index in [9.17, 15) is 4.79 Å². The molecule has 1 atom stereocenters. The van der Waals surface area contributed by atoms with Crippen LogP contribution in [0.1, 0.15) is 47.3 Å². The maximum absolute atomic E-state index is 12.8. The van der Waals surface area contributed by atoms with Gasteiger partial charge in [0.15, 0.2) is 0 Å². The standard InChI is InChI=1S/C19H21N3O2S/c1-12-14(13(2)24-21-12)9-10-18(23)22-11-5-7-16(22)19-20-15-6-3-4-8-17(15)25-19/h3-4,6,8,16H,5,7,9-11H2,1-2H3/t16-/m0/s1. The van der Waals surface area contributed by atoms with Gasteiger partial charge in [-0.25, -0.2) is 4.98 Å². The molecule has 0 saturated carbocycles. The summed E-state index contributed by atoms with van der Waals surface area (Å²) in [7, 11) is 0. The molecular weight excluding hydrogens is 334 g/mol. The third kappa shape index (κ3) is 3.06. The molecule has 0 aliphatic carbocycles. The zero-order valence-electron chi connectivity index (χ0n) is 14.5. The molecule has 6 heteroatoms.